The molecule has 0 bridgehead atoms. The van der Waals surface area contributed by atoms with Gasteiger partial charge in [0.25, 0.3) is 0 Å². The Balaban J connectivity index is 1.78. The van der Waals surface area contributed by atoms with Gasteiger partial charge in [0.05, 0.1) is 0 Å². The Kier molecular flexibility index (Phi) is 3.69. The van der Waals surface area contributed by atoms with Crippen LogP contribution in [0.1, 0.15) is 19.4 Å². The van der Waals surface area contributed by atoms with Crippen LogP contribution in [0.4, 0.5) is 5.95 Å². The molecule has 0 radical (unpaired) electrons. The number of nitrogens with one attached hydrogen (secondary N) is 2. The third kappa shape index (κ3) is 2.67. The lowest BCUT2D eigenvalue weighted by molar-refractivity contribution is 0.480. The van der Waals surface area contributed by atoms with E-state index in [1.807, 2.05) is 0 Å². The highest BCUT2D eigenvalue weighted by Gasteiger charge is 2.19. The molecule has 1 aliphatic rings. The minimum absolute atomic E-state index is 0.481. The van der Waals surface area contributed by atoms with Crippen molar-refractivity contribution in [3.63, 3.8) is 0 Å². The maximum absolute atomic E-state index is 4.63. The van der Waals surface area contributed by atoms with E-state index in [2.05, 4.69) is 63.5 Å². The maximum atomic E-state index is 4.63. The number of rotatable bonds is 3. The molecule has 2 heterocycles. The molecular formula is C15H21N5. The number of aromatic amines is 1. The van der Waals surface area contributed by atoms with Gasteiger partial charge in [-0.2, -0.15) is 4.98 Å². The van der Waals surface area contributed by atoms with Gasteiger partial charge in [-0.25, -0.2) is 0 Å². The Morgan fingerprint density at radius 3 is 2.80 bits per heavy atom. The molecule has 0 spiro atoms. The number of piperazine rings is 1. The van der Waals surface area contributed by atoms with Crippen molar-refractivity contribution in [1.29, 1.82) is 0 Å². The molecule has 1 aliphatic heterocycles. The predicted molar refractivity (Wildman–Crippen MR) is 80.9 cm³/mol. The monoisotopic (exact) mass is 271 g/mol. The lowest BCUT2D eigenvalue weighted by atomic mass is 10.1. The fourth-order valence-corrected chi connectivity index (χ4v) is 2.54. The summed E-state index contributed by atoms with van der Waals surface area (Å²) in [5, 5.41) is 10.8. The summed E-state index contributed by atoms with van der Waals surface area (Å²) in [4.78, 5) is 6.85. The summed E-state index contributed by atoms with van der Waals surface area (Å²) in [6.07, 6.45) is 1.06. The number of benzene rings is 1. The molecule has 0 saturated carbocycles. The average molecular weight is 271 g/mol. The van der Waals surface area contributed by atoms with E-state index < -0.39 is 0 Å². The molecule has 2 aromatic rings. The van der Waals surface area contributed by atoms with Crippen LogP contribution in [-0.2, 0) is 6.42 Å². The summed E-state index contributed by atoms with van der Waals surface area (Å²) in [5.74, 6) is 1.64. The van der Waals surface area contributed by atoms with Gasteiger partial charge in [0, 0.05) is 31.2 Å². The second-order valence-electron chi connectivity index (χ2n) is 5.34. The Morgan fingerprint density at radius 1 is 1.30 bits per heavy atom. The molecule has 1 aromatic heterocycles. The van der Waals surface area contributed by atoms with E-state index in [-0.39, 0.29) is 0 Å². The van der Waals surface area contributed by atoms with Crippen LogP contribution in [-0.4, -0.2) is 40.9 Å². The SMILES string of the molecule is CCc1ccc(-c2nc(N3CCN[C@H](C)C3)n[nH]2)cc1. The zero-order valence-corrected chi connectivity index (χ0v) is 12.1. The average Bonchev–Trinajstić information content (AvgIpc) is 2.97. The largest absolute Gasteiger partial charge is 0.337 e. The maximum Gasteiger partial charge on any atom is 0.245 e. The summed E-state index contributed by atoms with van der Waals surface area (Å²) in [6.45, 7) is 7.23. The van der Waals surface area contributed by atoms with E-state index in [9.17, 15) is 0 Å². The number of hydrogen-bond donors (Lipinski definition) is 2. The molecule has 1 atom stereocenters. The number of H-pyrrole nitrogens is 1. The summed E-state index contributed by atoms with van der Waals surface area (Å²) in [7, 11) is 0. The van der Waals surface area contributed by atoms with Crippen molar-refractivity contribution in [2.24, 2.45) is 0 Å². The fourth-order valence-electron chi connectivity index (χ4n) is 2.54. The highest BCUT2D eigenvalue weighted by atomic mass is 15.4. The van der Waals surface area contributed by atoms with Gasteiger partial charge in [-0.05, 0) is 18.9 Å². The van der Waals surface area contributed by atoms with Gasteiger partial charge >= 0.3 is 0 Å². The highest BCUT2D eigenvalue weighted by molar-refractivity contribution is 5.56. The fraction of sp³-hybridized carbons (Fsp3) is 0.467. The van der Waals surface area contributed by atoms with E-state index >= 15 is 0 Å². The Morgan fingerprint density at radius 2 is 2.10 bits per heavy atom. The first kappa shape index (κ1) is 13.1. The van der Waals surface area contributed by atoms with Gasteiger partial charge in [0.15, 0.2) is 5.82 Å². The topological polar surface area (TPSA) is 56.8 Å². The Bertz CT molecular complexity index is 560. The summed E-state index contributed by atoms with van der Waals surface area (Å²) >= 11 is 0. The zero-order valence-electron chi connectivity index (χ0n) is 12.1. The molecule has 0 unspecified atom stereocenters. The van der Waals surface area contributed by atoms with Crippen molar-refractivity contribution in [1.82, 2.24) is 20.5 Å². The van der Waals surface area contributed by atoms with Crippen LogP contribution in [0.3, 0.4) is 0 Å². The smallest absolute Gasteiger partial charge is 0.245 e. The van der Waals surface area contributed by atoms with Gasteiger partial charge in [-0.1, -0.05) is 31.2 Å². The number of anilines is 1. The third-order valence-corrected chi connectivity index (χ3v) is 3.76. The van der Waals surface area contributed by atoms with Gasteiger partial charge < -0.3 is 10.2 Å². The van der Waals surface area contributed by atoms with Crippen LogP contribution < -0.4 is 10.2 Å². The lowest BCUT2D eigenvalue weighted by Crippen LogP contribution is -2.49. The molecule has 5 nitrogen and oxygen atoms in total. The molecule has 1 fully saturated rings. The molecule has 106 valence electrons. The lowest BCUT2D eigenvalue weighted by Gasteiger charge is -2.30. The molecule has 1 aromatic carbocycles. The standard InChI is InChI=1S/C15H21N5/c1-3-12-4-6-13(7-5-12)14-17-15(19-18-14)20-9-8-16-11(2)10-20/h4-7,11,16H,3,8-10H2,1-2H3,(H,17,18,19)/t11-/m1/s1. The highest BCUT2D eigenvalue weighted by Crippen LogP contribution is 2.19. The van der Waals surface area contributed by atoms with E-state index in [4.69, 9.17) is 0 Å². The molecule has 2 N–H and O–H groups in total. The summed E-state index contributed by atoms with van der Waals surface area (Å²) < 4.78 is 0. The first-order valence-corrected chi connectivity index (χ1v) is 7.26. The Labute approximate surface area is 119 Å². The molecule has 20 heavy (non-hydrogen) atoms. The van der Waals surface area contributed by atoms with Crippen LogP contribution in [0.15, 0.2) is 24.3 Å². The molecule has 0 amide bonds. The van der Waals surface area contributed by atoms with Gasteiger partial charge in [-0.3, -0.25) is 5.10 Å². The second-order valence-corrected chi connectivity index (χ2v) is 5.34. The zero-order chi connectivity index (χ0) is 13.9. The van der Waals surface area contributed by atoms with Crippen LogP contribution in [0.2, 0.25) is 0 Å². The molecule has 3 rings (SSSR count). The van der Waals surface area contributed by atoms with E-state index in [1.165, 1.54) is 5.56 Å². The Hall–Kier alpha value is -1.88. The number of aryl methyl sites for hydroxylation is 1. The first-order valence-electron chi connectivity index (χ1n) is 7.26. The van der Waals surface area contributed by atoms with Gasteiger partial charge in [-0.15, -0.1) is 5.10 Å². The molecule has 5 heteroatoms. The van der Waals surface area contributed by atoms with Crippen molar-refractivity contribution in [3.8, 4) is 11.4 Å². The minimum Gasteiger partial charge on any atom is -0.337 e. The van der Waals surface area contributed by atoms with Crippen molar-refractivity contribution in [2.45, 2.75) is 26.3 Å². The van der Waals surface area contributed by atoms with Crippen LogP contribution in [0.25, 0.3) is 11.4 Å². The van der Waals surface area contributed by atoms with Crippen molar-refractivity contribution >= 4 is 5.95 Å². The molecule has 1 saturated heterocycles. The second kappa shape index (κ2) is 5.63. The minimum atomic E-state index is 0.481. The van der Waals surface area contributed by atoms with Crippen LogP contribution >= 0.6 is 0 Å². The number of nitrogens with zero attached hydrogens (tertiary/aromatic N) is 3. The van der Waals surface area contributed by atoms with Gasteiger partial charge in [0.1, 0.15) is 0 Å². The summed E-state index contributed by atoms with van der Waals surface area (Å²) in [6, 6.07) is 8.97. The third-order valence-electron chi connectivity index (χ3n) is 3.76. The van der Waals surface area contributed by atoms with Crippen molar-refractivity contribution < 1.29 is 0 Å². The van der Waals surface area contributed by atoms with Crippen molar-refractivity contribution in [2.75, 3.05) is 24.5 Å². The first-order chi connectivity index (χ1) is 9.76. The number of aromatic nitrogens is 3. The van der Waals surface area contributed by atoms with E-state index in [0.717, 1.165) is 43.4 Å². The van der Waals surface area contributed by atoms with Gasteiger partial charge in [0.2, 0.25) is 5.95 Å². The number of hydrogen-bond acceptors (Lipinski definition) is 4. The van der Waals surface area contributed by atoms with E-state index in [1.54, 1.807) is 0 Å². The molecular weight excluding hydrogens is 250 g/mol. The van der Waals surface area contributed by atoms with Crippen LogP contribution in [0.5, 0.6) is 0 Å². The molecule has 0 aliphatic carbocycles. The summed E-state index contributed by atoms with van der Waals surface area (Å²) in [5.41, 5.74) is 2.42. The predicted octanol–water partition coefficient (Wildman–Crippen LogP) is 1.83. The van der Waals surface area contributed by atoms with E-state index in [0.29, 0.717) is 6.04 Å². The van der Waals surface area contributed by atoms with Crippen molar-refractivity contribution in [3.05, 3.63) is 29.8 Å². The quantitative estimate of drug-likeness (QED) is 0.894. The van der Waals surface area contributed by atoms with Crippen LogP contribution in [0, 0.1) is 0 Å². The normalized spacial score (nSPS) is 19.3.